The zero-order chi connectivity index (χ0) is 19.5. The fourth-order valence-electron chi connectivity index (χ4n) is 4.48. The van der Waals surface area contributed by atoms with Crippen LogP contribution in [-0.4, -0.2) is 38.6 Å². The van der Waals surface area contributed by atoms with Crippen molar-refractivity contribution in [1.29, 1.82) is 0 Å². The first-order chi connectivity index (χ1) is 13.6. The van der Waals surface area contributed by atoms with Crippen LogP contribution >= 0.6 is 0 Å². The summed E-state index contributed by atoms with van der Waals surface area (Å²) in [5.74, 6) is 0.841. The quantitative estimate of drug-likeness (QED) is 0.711. The van der Waals surface area contributed by atoms with Gasteiger partial charge in [-0.05, 0) is 42.5 Å². The van der Waals surface area contributed by atoms with Crippen molar-refractivity contribution in [3.05, 3.63) is 66.0 Å². The number of benzene rings is 2. The number of imidazole rings is 1. The van der Waals surface area contributed by atoms with Crippen LogP contribution in [0.3, 0.4) is 0 Å². The number of hydrogen-bond acceptors (Lipinski definition) is 3. The van der Waals surface area contributed by atoms with Crippen LogP contribution < -0.4 is 0 Å². The van der Waals surface area contributed by atoms with Gasteiger partial charge in [0.1, 0.15) is 5.82 Å². The first-order valence-electron chi connectivity index (χ1n) is 9.98. The van der Waals surface area contributed by atoms with E-state index in [1.165, 1.54) is 5.56 Å². The number of aromatic nitrogens is 2. The Morgan fingerprint density at radius 2 is 1.86 bits per heavy atom. The molecule has 146 valence electrons. The minimum atomic E-state index is -0.698. The highest BCUT2D eigenvalue weighted by Crippen LogP contribution is 2.31. The van der Waals surface area contributed by atoms with Gasteiger partial charge in [0.15, 0.2) is 0 Å². The molecular formula is C23H27N3O2. The van der Waals surface area contributed by atoms with E-state index in [1.807, 2.05) is 24.3 Å². The van der Waals surface area contributed by atoms with Gasteiger partial charge in [0, 0.05) is 33.0 Å². The van der Waals surface area contributed by atoms with E-state index < -0.39 is 5.97 Å². The van der Waals surface area contributed by atoms with Gasteiger partial charge in [0.25, 0.3) is 0 Å². The maximum atomic E-state index is 11.4. The van der Waals surface area contributed by atoms with E-state index in [1.54, 1.807) is 0 Å². The van der Waals surface area contributed by atoms with Gasteiger partial charge in [-0.1, -0.05) is 42.5 Å². The molecule has 0 saturated carbocycles. The van der Waals surface area contributed by atoms with Gasteiger partial charge in [-0.2, -0.15) is 0 Å². The molecule has 1 aromatic heterocycles. The van der Waals surface area contributed by atoms with E-state index in [9.17, 15) is 9.90 Å². The molecule has 5 heteroatoms. The SMILES string of the molecule is Cn1c(CC2CN(Cc3ccccc3)CCC2CC(=O)O)nc2ccccc21. The molecule has 0 bridgehead atoms. The van der Waals surface area contributed by atoms with Gasteiger partial charge >= 0.3 is 5.97 Å². The Labute approximate surface area is 165 Å². The van der Waals surface area contributed by atoms with Crippen LogP contribution in [0.1, 0.15) is 24.2 Å². The van der Waals surface area contributed by atoms with Crippen molar-refractivity contribution in [2.45, 2.75) is 25.8 Å². The average molecular weight is 377 g/mol. The van der Waals surface area contributed by atoms with Crippen LogP contribution in [0.15, 0.2) is 54.6 Å². The third-order valence-electron chi connectivity index (χ3n) is 5.99. The molecule has 0 spiro atoms. The summed E-state index contributed by atoms with van der Waals surface area (Å²) in [5.41, 5.74) is 3.44. The smallest absolute Gasteiger partial charge is 0.303 e. The topological polar surface area (TPSA) is 58.4 Å². The van der Waals surface area contributed by atoms with Crippen molar-refractivity contribution in [3.8, 4) is 0 Å². The van der Waals surface area contributed by atoms with Crippen molar-refractivity contribution in [1.82, 2.24) is 14.5 Å². The Morgan fingerprint density at radius 1 is 1.11 bits per heavy atom. The van der Waals surface area contributed by atoms with E-state index in [4.69, 9.17) is 4.98 Å². The third-order valence-corrected chi connectivity index (χ3v) is 5.99. The molecule has 3 aromatic rings. The van der Waals surface area contributed by atoms with Crippen molar-refractivity contribution < 1.29 is 9.90 Å². The number of carboxylic acids is 1. The molecule has 5 nitrogen and oxygen atoms in total. The molecule has 1 saturated heterocycles. The molecular weight excluding hydrogens is 350 g/mol. The number of nitrogens with zero attached hydrogens (tertiary/aromatic N) is 3. The first-order valence-corrected chi connectivity index (χ1v) is 9.98. The van der Waals surface area contributed by atoms with E-state index in [0.29, 0.717) is 5.92 Å². The zero-order valence-electron chi connectivity index (χ0n) is 16.3. The lowest BCUT2D eigenvalue weighted by Crippen LogP contribution is -2.42. The van der Waals surface area contributed by atoms with E-state index in [-0.39, 0.29) is 12.3 Å². The number of rotatable bonds is 6. The van der Waals surface area contributed by atoms with Gasteiger partial charge < -0.3 is 9.67 Å². The third kappa shape index (κ3) is 4.09. The van der Waals surface area contributed by atoms with Crippen molar-refractivity contribution in [2.75, 3.05) is 13.1 Å². The van der Waals surface area contributed by atoms with Crippen LogP contribution in [0.4, 0.5) is 0 Å². The summed E-state index contributed by atoms with van der Waals surface area (Å²) >= 11 is 0. The number of carboxylic acid groups (broad SMARTS) is 1. The maximum absolute atomic E-state index is 11.4. The highest BCUT2D eigenvalue weighted by atomic mass is 16.4. The second-order valence-corrected chi connectivity index (χ2v) is 7.91. The second-order valence-electron chi connectivity index (χ2n) is 7.91. The lowest BCUT2D eigenvalue weighted by molar-refractivity contribution is -0.139. The highest BCUT2D eigenvalue weighted by molar-refractivity contribution is 5.75. The summed E-state index contributed by atoms with van der Waals surface area (Å²) < 4.78 is 2.16. The van der Waals surface area contributed by atoms with E-state index >= 15 is 0 Å². The summed E-state index contributed by atoms with van der Waals surface area (Å²) in [6.45, 7) is 2.78. The van der Waals surface area contributed by atoms with Crippen molar-refractivity contribution in [3.63, 3.8) is 0 Å². The Kier molecular flexibility index (Phi) is 5.44. The normalized spacial score (nSPS) is 20.5. The number of para-hydroxylation sites is 2. The monoisotopic (exact) mass is 377 g/mol. The Morgan fingerprint density at radius 3 is 2.61 bits per heavy atom. The number of piperidine rings is 1. The number of likely N-dealkylation sites (tertiary alicyclic amines) is 1. The lowest BCUT2D eigenvalue weighted by atomic mass is 9.81. The van der Waals surface area contributed by atoms with Crippen LogP contribution in [0, 0.1) is 11.8 Å². The number of carbonyl (C=O) groups is 1. The molecule has 2 aromatic carbocycles. The summed E-state index contributed by atoms with van der Waals surface area (Å²) in [5, 5.41) is 9.39. The van der Waals surface area contributed by atoms with Crippen LogP contribution in [0.25, 0.3) is 11.0 Å². The Balaban J connectivity index is 1.54. The Hall–Kier alpha value is -2.66. The molecule has 0 aliphatic carbocycles. The molecule has 1 aliphatic heterocycles. The number of aliphatic carboxylic acids is 1. The molecule has 1 aliphatic rings. The minimum absolute atomic E-state index is 0.198. The fourth-order valence-corrected chi connectivity index (χ4v) is 4.48. The molecule has 0 amide bonds. The molecule has 1 N–H and O–H groups in total. The predicted molar refractivity (Wildman–Crippen MR) is 110 cm³/mol. The second kappa shape index (κ2) is 8.15. The molecule has 2 unspecified atom stereocenters. The van der Waals surface area contributed by atoms with E-state index in [2.05, 4.69) is 46.8 Å². The lowest BCUT2D eigenvalue weighted by Gasteiger charge is -2.38. The van der Waals surface area contributed by atoms with Crippen LogP contribution in [-0.2, 0) is 24.8 Å². The average Bonchev–Trinajstić information content (AvgIpc) is 3.00. The van der Waals surface area contributed by atoms with E-state index in [0.717, 1.165) is 49.3 Å². The molecule has 4 rings (SSSR count). The predicted octanol–water partition coefficient (Wildman–Crippen LogP) is 3.73. The summed E-state index contributed by atoms with van der Waals surface area (Å²) in [7, 11) is 2.06. The molecule has 2 heterocycles. The summed E-state index contributed by atoms with van der Waals surface area (Å²) in [6, 6.07) is 18.7. The number of hydrogen-bond donors (Lipinski definition) is 1. The largest absolute Gasteiger partial charge is 0.481 e. The fraction of sp³-hybridized carbons (Fsp3) is 0.391. The van der Waals surface area contributed by atoms with Gasteiger partial charge in [0.2, 0.25) is 0 Å². The molecule has 28 heavy (non-hydrogen) atoms. The first kappa shape index (κ1) is 18.7. The standard InChI is InChI=1S/C23H27N3O2/c1-25-21-10-6-5-9-20(21)24-22(25)13-19-16-26(12-11-18(19)14-23(27)28)15-17-7-3-2-4-8-17/h2-10,18-19H,11-16H2,1H3,(H,27,28). The highest BCUT2D eigenvalue weighted by Gasteiger charge is 2.32. The minimum Gasteiger partial charge on any atom is -0.481 e. The number of aryl methyl sites for hydroxylation is 1. The van der Waals surface area contributed by atoms with Crippen LogP contribution in [0.2, 0.25) is 0 Å². The maximum Gasteiger partial charge on any atom is 0.303 e. The number of fused-ring (bicyclic) bond motifs is 1. The zero-order valence-corrected chi connectivity index (χ0v) is 16.3. The van der Waals surface area contributed by atoms with Crippen molar-refractivity contribution in [2.24, 2.45) is 18.9 Å². The molecule has 0 radical (unpaired) electrons. The van der Waals surface area contributed by atoms with Gasteiger partial charge in [-0.3, -0.25) is 9.69 Å². The molecule has 2 atom stereocenters. The van der Waals surface area contributed by atoms with Gasteiger partial charge in [-0.15, -0.1) is 0 Å². The van der Waals surface area contributed by atoms with Crippen LogP contribution in [0.5, 0.6) is 0 Å². The Bertz CT molecular complexity index is 951. The van der Waals surface area contributed by atoms with Gasteiger partial charge in [0.05, 0.1) is 11.0 Å². The van der Waals surface area contributed by atoms with Crippen molar-refractivity contribution >= 4 is 17.0 Å². The summed E-state index contributed by atoms with van der Waals surface area (Å²) in [4.78, 5) is 18.7. The molecule has 1 fully saturated rings. The van der Waals surface area contributed by atoms with Gasteiger partial charge in [-0.25, -0.2) is 4.98 Å². The summed E-state index contributed by atoms with van der Waals surface area (Å²) in [6.07, 6.45) is 1.98.